The number of aliphatic hydroxyl groups excluding tert-OH is 1. The topological polar surface area (TPSA) is 100 Å². The molecule has 2 N–H and O–H groups in total. The molecule has 31 heavy (non-hydrogen) atoms. The van der Waals surface area contributed by atoms with Gasteiger partial charge in [0.1, 0.15) is 5.69 Å². The largest absolute Gasteiger partial charge is 0.394 e. The van der Waals surface area contributed by atoms with Crippen LogP contribution in [0.2, 0.25) is 0 Å². The predicted octanol–water partition coefficient (Wildman–Crippen LogP) is 3.10. The van der Waals surface area contributed by atoms with Crippen molar-refractivity contribution in [2.45, 2.75) is 99.7 Å². The second kappa shape index (κ2) is 9.67. The lowest BCUT2D eigenvalue weighted by atomic mass is 9.66. The van der Waals surface area contributed by atoms with Gasteiger partial charge < -0.3 is 15.3 Å². The summed E-state index contributed by atoms with van der Waals surface area (Å²) in [6, 6.07) is 0. The van der Waals surface area contributed by atoms with E-state index in [1.54, 1.807) is 46.4 Å². The van der Waals surface area contributed by atoms with E-state index in [1.807, 2.05) is 17.8 Å². The average Bonchev–Trinajstić information content (AvgIpc) is 3.16. The second-order valence-corrected chi connectivity index (χ2v) is 10.8. The van der Waals surface area contributed by atoms with E-state index in [4.69, 9.17) is 0 Å². The quantitative estimate of drug-likeness (QED) is 0.554. The lowest BCUT2D eigenvalue weighted by Crippen LogP contribution is -2.58. The summed E-state index contributed by atoms with van der Waals surface area (Å²) in [4.78, 5) is 28.5. The zero-order valence-corrected chi connectivity index (χ0v) is 21.2. The van der Waals surface area contributed by atoms with Crippen LogP contribution in [-0.4, -0.2) is 55.5 Å². The van der Waals surface area contributed by atoms with Gasteiger partial charge in [0.2, 0.25) is 11.8 Å². The third-order valence-corrected chi connectivity index (χ3v) is 6.67. The molecular formula is C23H43N5O3. The molecule has 0 bridgehead atoms. The van der Waals surface area contributed by atoms with E-state index in [9.17, 15) is 14.7 Å². The molecule has 0 aliphatic rings. The molecule has 0 atom stereocenters. The van der Waals surface area contributed by atoms with Gasteiger partial charge in [-0.3, -0.25) is 9.59 Å². The van der Waals surface area contributed by atoms with Gasteiger partial charge in [0.15, 0.2) is 0 Å². The number of aromatic nitrogens is 3. The Labute approximate surface area is 187 Å². The third kappa shape index (κ3) is 6.05. The first kappa shape index (κ1) is 27.1. The maximum Gasteiger partial charge on any atom is 0.229 e. The highest BCUT2D eigenvalue weighted by atomic mass is 16.3. The SMILES string of the molecule is CCCN(Cc1cn(C(C)(C)CC)nn1)C(=O)C(C)(C)C(C)(C)C(=O)NC(C)(C)CO. The Morgan fingerprint density at radius 2 is 1.65 bits per heavy atom. The van der Waals surface area contributed by atoms with Gasteiger partial charge in [0, 0.05) is 6.54 Å². The van der Waals surface area contributed by atoms with Crippen LogP contribution in [0, 0.1) is 10.8 Å². The van der Waals surface area contributed by atoms with E-state index in [1.165, 1.54) is 0 Å². The number of carbonyl (C=O) groups is 2. The van der Waals surface area contributed by atoms with Gasteiger partial charge in [-0.25, -0.2) is 4.68 Å². The summed E-state index contributed by atoms with van der Waals surface area (Å²) in [6.07, 6.45) is 3.60. The number of carbonyl (C=O) groups excluding carboxylic acids is 2. The molecule has 0 aromatic carbocycles. The summed E-state index contributed by atoms with van der Waals surface area (Å²) >= 11 is 0. The van der Waals surface area contributed by atoms with Crippen molar-refractivity contribution in [3.05, 3.63) is 11.9 Å². The minimum atomic E-state index is -0.996. The van der Waals surface area contributed by atoms with Gasteiger partial charge in [-0.1, -0.05) is 32.9 Å². The van der Waals surface area contributed by atoms with E-state index in [2.05, 4.69) is 36.4 Å². The van der Waals surface area contributed by atoms with Crippen LogP contribution in [0.15, 0.2) is 6.20 Å². The Kier molecular flexibility index (Phi) is 8.45. The summed E-state index contributed by atoms with van der Waals surface area (Å²) in [5, 5.41) is 20.9. The molecule has 0 aliphatic heterocycles. The molecule has 8 nitrogen and oxygen atoms in total. The Morgan fingerprint density at radius 3 is 2.13 bits per heavy atom. The summed E-state index contributed by atoms with van der Waals surface area (Å²) in [6.45, 7) is 19.7. The summed E-state index contributed by atoms with van der Waals surface area (Å²) in [5.41, 5.74) is -2.16. The maximum absolute atomic E-state index is 13.6. The lowest BCUT2D eigenvalue weighted by Gasteiger charge is -2.43. The average molecular weight is 438 g/mol. The highest BCUT2D eigenvalue weighted by Gasteiger charge is 2.50. The van der Waals surface area contributed by atoms with Crippen molar-refractivity contribution in [1.82, 2.24) is 25.2 Å². The van der Waals surface area contributed by atoms with Crippen LogP contribution in [0.25, 0.3) is 0 Å². The van der Waals surface area contributed by atoms with Gasteiger partial charge in [-0.15, -0.1) is 5.10 Å². The molecule has 0 saturated carbocycles. The zero-order valence-electron chi connectivity index (χ0n) is 21.2. The Hall–Kier alpha value is -1.96. The maximum atomic E-state index is 13.6. The lowest BCUT2D eigenvalue weighted by molar-refractivity contribution is -0.156. The first-order valence-corrected chi connectivity index (χ1v) is 11.2. The fraction of sp³-hybridized carbons (Fsp3) is 0.826. The smallest absolute Gasteiger partial charge is 0.229 e. The molecule has 1 aromatic rings. The van der Waals surface area contributed by atoms with E-state index in [0.717, 1.165) is 18.5 Å². The molecule has 0 unspecified atom stereocenters. The van der Waals surface area contributed by atoms with Gasteiger partial charge in [-0.05, 0) is 54.4 Å². The van der Waals surface area contributed by atoms with Crippen molar-refractivity contribution in [2.24, 2.45) is 10.8 Å². The summed E-state index contributed by atoms with van der Waals surface area (Å²) < 4.78 is 1.84. The van der Waals surface area contributed by atoms with Crippen LogP contribution < -0.4 is 5.32 Å². The van der Waals surface area contributed by atoms with Crippen LogP contribution >= 0.6 is 0 Å². The van der Waals surface area contributed by atoms with Crippen LogP contribution in [0.1, 0.15) is 87.8 Å². The van der Waals surface area contributed by atoms with Gasteiger partial charge in [0.25, 0.3) is 0 Å². The fourth-order valence-corrected chi connectivity index (χ4v) is 3.00. The Morgan fingerprint density at radius 1 is 1.06 bits per heavy atom. The molecule has 1 rings (SSSR count). The highest BCUT2D eigenvalue weighted by Crippen LogP contribution is 2.41. The second-order valence-electron chi connectivity index (χ2n) is 10.8. The van der Waals surface area contributed by atoms with Crippen molar-refractivity contribution in [3.63, 3.8) is 0 Å². The van der Waals surface area contributed by atoms with Gasteiger partial charge >= 0.3 is 0 Å². The molecular weight excluding hydrogens is 394 g/mol. The zero-order chi connectivity index (χ0) is 24.3. The number of nitrogens with zero attached hydrogens (tertiary/aromatic N) is 4. The first-order valence-electron chi connectivity index (χ1n) is 11.2. The number of amides is 2. The summed E-state index contributed by atoms with van der Waals surface area (Å²) in [5.74, 6) is -0.377. The molecule has 1 aromatic heterocycles. The van der Waals surface area contributed by atoms with Gasteiger partial charge in [0.05, 0.1) is 41.3 Å². The van der Waals surface area contributed by atoms with E-state index in [0.29, 0.717) is 13.1 Å². The van der Waals surface area contributed by atoms with E-state index in [-0.39, 0.29) is 24.0 Å². The molecule has 0 spiro atoms. The first-order chi connectivity index (χ1) is 14.1. The van der Waals surface area contributed by atoms with Gasteiger partial charge in [-0.2, -0.15) is 0 Å². The molecule has 0 radical (unpaired) electrons. The van der Waals surface area contributed by atoms with Crippen LogP contribution in [-0.2, 0) is 21.7 Å². The standard InChI is InChI=1S/C23H43N5O3/c1-11-13-27(14-17-15-28(26-25-17)21(5,6)12-2)19(31)23(9,10)22(7,8)18(30)24-20(3,4)16-29/h15,29H,11-14,16H2,1-10H3,(H,24,30). The van der Waals surface area contributed by atoms with Crippen molar-refractivity contribution >= 4 is 11.8 Å². The number of aliphatic hydroxyl groups is 1. The third-order valence-electron chi connectivity index (χ3n) is 6.67. The molecule has 0 saturated heterocycles. The number of nitrogens with one attached hydrogen (secondary N) is 1. The van der Waals surface area contributed by atoms with E-state index >= 15 is 0 Å². The fourth-order valence-electron chi connectivity index (χ4n) is 3.00. The highest BCUT2D eigenvalue weighted by molar-refractivity contribution is 5.92. The molecule has 2 amide bonds. The molecule has 0 aliphatic carbocycles. The molecule has 1 heterocycles. The number of rotatable bonds is 11. The number of hydrogen-bond acceptors (Lipinski definition) is 5. The Balaban J connectivity index is 3.14. The monoisotopic (exact) mass is 437 g/mol. The normalized spacial score (nSPS) is 13.3. The Bertz CT molecular complexity index is 765. The number of hydrogen-bond donors (Lipinski definition) is 2. The van der Waals surface area contributed by atoms with Crippen molar-refractivity contribution in [1.29, 1.82) is 0 Å². The minimum Gasteiger partial charge on any atom is -0.394 e. The molecule has 8 heteroatoms. The van der Waals surface area contributed by atoms with Crippen molar-refractivity contribution in [2.75, 3.05) is 13.2 Å². The van der Waals surface area contributed by atoms with E-state index < -0.39 is 16.4 Å². The summed E-state index contributed by atoms with van der Waals surface area (Å²) in [7, 11) is 0. The minimum absolute atomic E-state index is 0.111. The van der Waals surface area contributed by atoms with Crippen LogP contribution in [0.5, 0.6) is 0 Å². The van der Waals surface area contributed by atoms with Crippen LogP contribution in [0.3, 0.4) is 0 Å². The molecule has 178 valence electrons. The van der Waals surface area contributed by atoms with Crippen molar-refractivity contribution < 1.29 is 14.7 Å². The van der Waals surface area contributed by atoms with Crippen molar-refractivity contribution in [3.8, 4) is 0 Å². The molecule has 0 fully saturated rings. The van der Waals surface area contributed by atoms with Crippen LogP contribution in [0.4, 0.5) is 0 Å². The predicted molar refractivity (Wildman–Crippen MR) is 122 cm³/mol.